The Morgan fingerprint density at radius 1 is 1.33 bits per heavy atom. The molecule has 1 heterocycles. The summed E-state index contributed by atoms with van der Waals surface area (Å²) in [6.45, 7) is 3.17. The molecular formula is C10H18N2. The van der Waals surface area contributed by atoms with Gasteiger partial charge in [0.2, 0.25) is 0 Å². The number of nitrogens with one attached hydrogen (secondary N) is 1. The molecule has 0 aliphatic carbocycles. The van der Waals surface area contributed by atoms with Crippen LogP contribution in [0.5, 0.6) is 0 Å². The number of rotatable bonds is 4. The van der Waals surface area contributed by atoms with Gasteiger partial charge in [0.15, 0.2) is 0 Å². The van der Waals surface area contributed by atoms with Crippen LogP contribution in [0.25, 0.3) is 0 Å². The molecule has 0 aromatic carbocycles. The second-order valence-corrected chi connectivity index (χ2v) is 3.16. The number of aryl methyl sites for hydroxylation is 1. The molecule has 0 bridgehead atoms. The highest BCUT2D eigenvalue weighted by Crippen LogP contribution is 2.08. The second kappa shape index (κ2) is 4.31. The summed E-state index contributed by atoms with van der Waals surface area (Å²) < 4.78 is 2.28. The number of hydrogen-bond donors (Lipinski definition) is 1. The first-order valence-corrected chi connectivity index (χ1v) is 4.57. The van der Waals surface area contributed by atoms with Gasteiger partial charge >= 0.3 is 0 Å². The van der Waals surface area contributed by atoms with E-state index in [9.17, 15) is 0 Å². The molecule has 0 fully saturated rings. The molecule has 0 amide bonds. The molecule has 0 saturated heterocycles. The van der Waals surface area contributed by atoms with Crippen LogP contribution in [0.2, 0.25) is 0 Å². The summed E-state index contributed by atoms with van der Waals surface area (Å²) in [4.78, 5) is 0. The van der Waals surface area contributed by atoms with Crippen LogP contribution >= 0.6 is 0 Å². The van der Waals surface area contributed by atoms with E-state index in [1.807, 2.05) is 7.05 Å². The van der Waals surface area contributed by atoms with Gasteiger partial charge in [0.25, 0.3) is 0 Å². The first-order chi connectivity index (χ1) is 5.79. The van der Waals surface area contributed by atoms with E-state index in [-0.39, 0.29) is 0 Å². The van der Waals surface area contributed by atoms with Crippen molar-refractivity contribution in [2.75, 3.05) is 7.05 Å². The minimum Gasteiger partial charge on any atom is -0.350 e. The van der Waals surface area contributed by atoms with Crippen molar-refractivity contribution in [3.8, 4) is 0 Å². The molecule has 1 rings (SSSR count). The van der Waals surface area contributed by atoms with Crippen molar-refractivity contribution in [3.63, 3.8) is 0 Å². The molecule has 0 aliphatic rings. The molecule has 1 aromatic rings. The molecule has 0 unspecified atom stereocenters. The summed E-state index contributed by atoms with van der Waals surface area (Å²) >= 11 is 0. The fourth-order valence-corrected chi connectivity index (χ4v) is 1.47. The van der Waals surface area contributed by atoms with Crippen molar-refractivity contribution in [1.82, 2.24) is 9.88 Å². The van der Waals surface area contributed by atoms with Gasteiger partial charge in [-0.2, -0.15) is 0 Å². The van der Waals surface area contributed by atoms with Gasteiger partial charge in [-0.05, 0) is 25.6 Å². The largest absolute Gasteiger partial charge is 0.350 e. The lowest BCUT2D eigenvalue weighted by Crippen LogP contribution is -2.10. The lowest BCUT2D eigenvalue weighted by atomic mass is 10.2. The summed E-state index contributed by atoms with van der Waals surface area (Å²) in [7, 11) is 4.12. The quantitative estimate of drug-likeness (QED) is 0.720. The molecule has 12 heavy (non-hydrogen) atoms. The fraction of sp³-hybridized carbons (Fsp3) is 0.600. The monoisotopic (exact) mass is 166 g/mol. The summed E-state index contributed by atoms with van der Waals surface area (Å²) in [5.41, 5.74) is 2.80. The summed E-state index contributed by atoms with van der Waals surface area (Å²) in [5.74, 6) is 0. The van der Waals surface area contributed by atoms with Crippen LogP contribution in [0, 0.1) is 0 Å². The first-order valence-electron chi connectivity index (χ1n) is 4.57. The van der Waals surface area contributed by atoms with E-state index in [2.05, 4.69) is 36.0 Å². The predicted molar refractivity (Wildman–Crippen MR) is 52.2 cm³/mol. The minimum atomic E-state index is 0.959. The van der Waals surface area contributed by atoms with Crippen LogP contribution in [0.15, 0.2) is 12.1 Å². The fourth-order valence-electron chi connectivity index (χ4n) is 1.47. The van der Waals surface area contributed by atoms with Crippen LogP contribution in [-0.4, -0.2) is 11.6 Å². The van der Waals surface area contributed by atoms with Gasteiger partial charge in [0.05, 0.1) is 0 Å². The Morgan fingerprint density at radius 3 is 2.58 bits per heavy atom. The van der Waals surface area contributed by atoms with E-state index in [1.54, 1.807) is 0 Å². The SMILES string of the molecule is CCCc1ccc(CNC)n1C. The van der Waals surface area contributed by atoms with Crippen molar-refractivity contribution in [3.05, 3.63) is 23.5 Å². The summed E-state index contributed by atoms with van der Waals surface area (Å²) in [6.07, 6.45) is 2.40. The van der Waals surface area contributed by atoms with Gasteiger partial charge in [-0.25, -0.2) is 0 Å². The Bertz CT molecular complexity index is 214. The zero-order chi connectivity index (χ0) is 8.97. The maximum Gasteiger partial charge on any atom is 0.0356 e. The molecular weight excluding hydrogens is 148 g/mol. The number of hydrogen-bond acceptors (Lipinski definition) is 1. The minimum absolute atomic E-state index is 0.959. The molecule has 68 valence electrons. The van der Waals surface area contributed by atoms with Crippen molar-refractivity contribution in [2.45, 2.75) is 26.3 Å². The number of aromatic nitrogens is 1. The molecule has 2 nitrogen and oxygen atoms in total. The molecule has 0 radical (unpaired) electrons. The third kappa shape index (κ3) is 1.89. The van der Waals surface area contributed by atoms with Crippen molar-refractivity contribution >= 4 is 0 Å². The average Bonchev–Trinajstić information content (AvgIpc) is 2.38. The maximum atomic E-state index is 3.16. The Hall–Kier alpha value is -0.760. The molecule has 0 atom stereocenters. The van der Waals surface area contributed by atoms with Crippen molar-refractivity contribution in [2.24, 2.45) is 7.05 Å². The second-order valence-electron chi connectivity index (χ2n) is 3.16. The zero-order valence-corrected chi connectivity index (χ0v) is 8.22. The van der Waals surface area contributed by atoms with Crippen LogP contribution < -0.4 is 5.32 Å². The standard InChI is InChI=1S/C10H18N2/c1-4-5-9-6-7-10(8-11-2)12(9)3/h6-7,11H,4-5,8H2,1-3H3. The molecule has 0 spiro atoms. The van der Waals surface area contributed by atoms with Gasteiger partial charge in [-0.15, -0.1) is 0 Å². The molecule has 0 aliphatic heterocycles. The summed E-state index contributed by atoms with van der Waals surface area (Å²) in [6, 6.07) is 4.41. The van der Waals surface area contributed by atoms with E-state index in [0.29, 0.717) is 0 Å². The highest BCUT2D eigenvalue weighted by atomic mass is 15.0. The third-order valence-electron chi connectivity index (χ3n) is 2.19. The highest BCUT2D eigenvalue weighted by Gasteiger charge is 2.01. The van der Waals surface area contributed by atoms with Gasteiger partial charge in [0.1, 0.15) is 0 Å². The third-order valence-corrected chi connectivity index (χ3v) is 2.19. The van der Waals surface area contributed by atoms with Crippen LogP contribution in [-0.2, 0) is 20.0 Å². The van der Waals surface area contributed by atoms with Gasteiger partial charge in [-0.1, -0.05) is 13.3 Å². The zero-order valence-electron chi connectivity index (χ0n) is 8.22. The van der Waals surface area contributed by atoms with Crippen LogP contribution in [0.4, 0.5) is 0 Å². The van der Waals surface area contributed by atoms with Crippen molar-refractivity contribution < 1.29 is 0 Å². The Balaban J connectivity index is 2.74. The predicted octanol–water partition coefficient (Wildman–Crippen LogP) is 1.70. The van der Waals surface area contributed by atoms with Crippen molar-refractivity contribution in [1.29, 1.82) is 0 Å². The lowest BCUT2D eigenvalue weighted by Gasteiger charge is -2.05. The molecule has 1 aromatic heterocycles. The van der Waals surface area contributed by atoms with E-state index >= 15 is 0 Å². The summed E-state index contributed by atoms with van der Waals surface area (Å²) in [5, 5.41) is 3.16. The highest BCUT2D eigenvalue weighted by molar-refractivity contribution is 5.15. The molecule has 0 saturated carbocycles. The van der Waals surface area contributed by atoms with E-state index < -0.39 is 0 Å². The van der Waals surface area contributed by atoms with Crippen LogP contribution in [0.1, 0.15) is 24.7 Å². The van der Waals surface area contributed by atoms with E-state index in [4.69, 9.17) is 0 Å². The first kappa shape index (κ1) is 9.33. The van der Waals surface area contributed by atoms with E-state index in [0.717, 1.165) is 6.54 Å². The van der Waals surface area contributed by atoms with Gasteiger partial charge < -0.3 is 9.88 Å². The van der Waals surface area contributed by atoms with Crippen LogP contribution in [0.3, 0.4) is 0 Å². The normalized spacial score (nSPS) is 10.6. The lowest BCUT2D eigenvalue weighted by molar-refractivity contribution is 0.700. The van der Waals surface area contributed by atoms with Gasteiger partial charge in [0, 0.05) is 25.0 Å². The van der Waals surface area contributed by atoms with E-state index in [1.165, 1.54) is 24.2 Å². The molecule has 1 N–H and O–H groups in total. The number of nitrogens with zero attached hydrogens (tertiary/aromatic N) is 1. The smallest absolute Gasteiger partial charge is 0.0356 e. The molecule has 2 heteroatoms. The maximum absolute atomic E-state index is 3.16. The van der Waals surface area contributed by atoms with Gasteiger partial charge in [-0.3, -0.25) is 0 Å². The average molecular weight is 166 g/mol. The Labute approximate surface area is 74.6 Å². The Kier molecular flexibility index (Phi) is 3.35. The topological polar surface area (TPSA) is 17.0 Å². The Morgan fingerprint density at radius 2 is 2.00 bits per heavy atom.